The number of ether oxygens (including phenoxy) is 2. The lowest BCUT2D eigenvalue weighted by Crippen LogP contribution is -2.30. The SMILES string of the molecule is COC(=O)c1ccccc1C(=O)OC(C)C(=O)Nc1cccc2ccccc12. The molecule has 3 aromatic carbocycles. The number of benzene rings is 3. The van der Waals surface area contributed by atoms with Crippen LogP contribution in [0, 0.1) is 0 Å². The van der Waals surface area contributed by atoms with Crippen molar-refractivity contribution < 1.29 is 23.9 Å². The topological polar surface area (TPSA) is 81.7 Å². The molecule has 3 aromatic rings. The lowest BCUT2D eigenvalue weighted by Gasteiger charge is -2.15. The minimum atomic E-state index is -1.06. The lowest BCUT2D eigenvalue weighted by molar-refractivity contribution is -0.123. The molecule has 6 nitrogen and oxygen atoms in total. The smallest absolute Gasteiger partial charge is 0.339 e. The molecule has 0 bridgehead atoms. The Bertz CT molecular complexity index is 1040. The third-order valence-corrected chi connectivity index (χ3v) is 4.25. The number of nitrogens with one attached hydrogen (secondary N) is 1. The Morgan fingerprint density at radius 3 is 2.14 bits per heavy atom. The number of hydrogen-bond acceptors (Lipinski definition) is 5. The van der Waals surface area contributed by atoms with Gasteiger partial charge in [0.15, 0.2) is 6.10 Å². The maximum Gasteiger partial charge on any atom is 0.339 e. The standard InChI is InChI=1S/C22H19NO5/c1-14(28-22(26)18-12-6-5-11-17(18)21(25)27-2)20(24)23-19-13-7-9-15-8-3-4-10-16(15)19/h3-14H,1-2H3,(H,23,24). The predicted octanol–water partition coefficient (Wildman–Crippen LogP) is 3.81. The molecule has 1 unspecified atom stereocenters. The van der Waals surface area contributed by atoms with E-state index in [4.69, 9.17) is 4.74 Å². The third kappa shape index (κ3) is 4.01. The normalized spacial score (nSPS) is 11.5. The van der Waals surface area contributed by atoms with Crippen LogP contribution in [-0.4, -0.2) is 31.1 Å². The maximum atomic E-state index is 12.5. The number of rotatable bonds is 5. The van der Waals surface area contributed by atoms with E-state index in [-0.39, 0.29) is 11.1 Å². The van der Waals surface area contributed by atoms with Gasteiger partial charge in [-0.3, -0.25) is 4.79 Å². The van der Waals surface area contributed by atoms with Crippen molar-refractivity contribution in [2.24, 2.45) is 0 Å². The van der Waals surface area contributed by atoms with Crippen molar-refractivity contribution in [1.82, 2.24) is 0 Å². The van der Waals surface area contributed by atoms with Gasteiger partial charge < -0.3 is 14.8 Å². The largest absolute Gasteiger partial charge is 0.465 e. The molecule has 1 N–H and O–H groups in total. The van der Waals surface area contributed by atoms with Crippen molar-refractivity contribution in [1.29, 1.82) is 0 Å². The average Bonchev–Trinajstić information content (AvgIpc) is 2.73. The first-order chi connectivity index (χ1) is 13.5. The fraction of sp³-hybridized carbons (Fsp3) is 0.136. The molecule has 1 amide bonds. The number of fused-ring (bicyclic) bond motifs is 1. The maximum absolute atomic E-state index is 12.5. The Kier molecular flexibility index (Phi) is 5.69. The van der Waals surface area contributed by atoms with E-state index in [1.807, 2.05) is 36.4 Å². The van der Waals surface area contributed by atoms with Crippen LogP contribution in [0.1, 0.15) is 27.6 Å². The molecule has 3 rings (SSSR count). The van der Waals surface area contributed by atoms with Crippen LogP contribution in [0.25, 0.3) is 10.8 Å². The third-order valence-electron chi connectivity index (χ3n) is 4.25. The van der Waals surface area contributed by atoms with Crippen LogP contribution in [0.3, 0.4) is 0 Å². The molecule has 0 aliphatic carbocycles. The number of carbonyl (C=O) groups is 3. The van der Waals surface area contributed by atoms with E-state index in [1.165, 1.54) is 26.2 Å². The van der Waals surface area contributed by atoms with E-state index in [2.05, 4.69) is 10.1 Å². The summed E-state index contributed by atoms with van der Waals surface area (Å²) in [5.74, 6) is -1.90. The number of anilines is 1. The van der Waals surface area contributed by atoms with Crippen LogP contribution < -0.4 is 5.32 Å². The fourth-order valence-corrected chi connectivity index (χ4v) is 2.80. The summed E-state index contributed by atoms with van der Waals surface area (Å²) in [4.78, 5) is 36.8. The van der Waals surface area contributed by atoms with Crippen LogP contribution in [0.5, 0.6) is 0 Å². The Balaban J connectivity index is 1.74. The minimum absolute atomic E-state index is 0.0409. The van der Waals surface area contributed by atoms with Gasteiger partial charge in [0.2, 0.25) is 0 Å². The highest BCUT2D eigenvalue weighted by Crippen LogP contribution is 2.23. The van der Waals surface area contributed by atoms with Crippen molar-refractivity contribution in [3.8, 4) is 0 Å². The molecule has 0 aliphatic heterocycles. The van der Waals surface area contributed by atoms with Gasteiger partial charge >= 0.3 is 11.9 Å². The van der Waals surface area contributed by atoms with E-state index in [1.54, 1.807) is 18.2 Å². The summed E-state index contributed by atoms with van der Waals surface area (Å²) >= 11 is 0. The van der Waals surface area contributed by atoms with Crippen molar-refractivity contribution in [3.05, 3.63) is 77.9 Å². The van der Waals surface area contributed by atoms with Crippen LogP contribution >= 0.6 is 0 Å². The molecule has 0 spiro atoms. The summed E-state index contributed by atoms with van der Waals surface area (Å²) in [6, 6.07) is 19.3. The van der Waals surface area contributed by atoms with Gasteiger partial charge in [-0.25, -0.2) is 9.59 Å². The van der Waals surface area contributed by atoms with Gasteiger partial charge in [0.1, 0.15) is 0 Å². The van der Waals surface area contributed by atoms with Gasteiger partial charge in [0, 0.05) is 11.1 Å². The average molecular weight is 377 g/mol. The zero-order valence-electron chi connectivity index (χ0n) is 15.5. The number of carbonyl (C=O) groups excluding carboxylic acids is 3. The Morgan fingerprint density at radius 2 is 1.43 bits per heavy atom. The van der Waals surface area contributed by atoms with E-state index >= 15 is 0 Å². The number of amides is 1. The molecular formula is C22H19NO5. The predicted molar refractivity (Wildman–Crippen MR) is 105 cm³/mol. The second-order valence-electron chi connectivity index (χ2n) is 6.10. The quantitative estimate of drug-likeness (QED) is 0.684. The van der Waals surface area contributed by atoms with Crippen LogP contribution in [0.2, 0.25) is 0 Å². The van der Waals surface area contributed by atoms with Gasteiger partial charge in [-0.15, -0.1) is 0 Å². The lowest BCUT2D eigenvalue weighted by atomic mass is 10.1. The Labute approximate surface area is 162 Å². The van der Waals surface area contributed by atoms with Crippen LogP contribution in [0.4, 0.5) is 5.69 Å². The second kappa shape index (κ2) is 8.35. The Morgan fingerprint density at radius 1 is 0.821 bits per heavy atom. The zero-order valence-corrected chi connectivity index (χ0v) is 15.5. The van der Waals surface area contributed by atoms with Crippen molar-refractivity contribution >= 4 is 34.3 Å². The van der Waals surface area contributed by atoms with E-state index < -0.39 is 23.9 Å². The molecule has 0 saturated heterocycles. The molecule has 0 saturated carbocycles. The van der Waals surface area contributed by atoms with Gasteiger partial charge in [-0.1, -0.05) is 48.5 Å². The summed E-state index contributed by atoms with van der Waals surface area (Å²) in [7, 11) is 1.23. The highest BCUT2D eigenvalue weighted by Gasteiger charge is 2.23. The van der Waals surface area contributed by atoms with E-state index in [0.29, 0.717) is 5.69 Å². The molecule has 0 aromatic heterocycles. The van der Waals surface area contributed by atoms with Crippen LogP contribution in [-0.2, 0) is 14.3 Å². The second-order valence-corrected chi connectivity index (χ2v) is 6.10. The van der Waals surface area contributed by atoms with E-state index in [0.717, 1.165) is 10.8 Å². The Hall–Kier alpha value is -3.67. The monoisotopic (exact) mass is 377 g/mol. The van der Waals surface area contributed by atoms with Crippen LogP contribution in [0.15, 0.2) is 66.7 Å². The summed E-state index contributed by atoms with van der Waals surface area (Å²) in [6.45, 7) is 1.47. The summed E-state index contributed by atoms with van der Waals surface area (Å²) in [5.41, 5.74) is 0.747. The number of esters is 2. The van der Waals surface area contributed by atoms with Gasteiger partial charge in [-0.05, 0) is 30.5 Å². The van der Waals surface area contributed by atoms with Gasteiger partial charge in [0.05, 0.1) is 18.2 Å². The first kappa shape index (κ1) is 19.1. The van der Waals surface area contributed by atoms with E-state index in [9.17, 15) is 14.4 Å². The highest BCUT2D eigenvalue weighted by molar-refractivity contribution is 6.06. The summed E-state index contributed by atoms with van der Waals surface area (Å²) in [6.07, 6.45) is -1.06. The molecular weight excluding hydrogens is 358 g/mol. The molecule has 28 heavy (non-hydrogen) atoms. The number of hydrogen-bond donors (Lipinski definition) is 1. The highest BCUT2D eigenvalue weighted by atomic mass is 16.5. The molecule has 142 valence electrons. The molecule has 1 atom stereocenters. The molecule has 0 aliphatic rings. The first-order valence-corrected chi connectivity index (χ1v) is 8.68. The summed E-state index contributed by atoms with van der Waals surface area (Å²) in [5, 5.41) is 4.65. The minimum Gasteiger partial charge on any atom is -0.465 e. The number of methoxy groups -OCH3 is 1. The molecule has 6 heteroatoms. The van der Waals surface area contributed by atoms with Crippen molar-refractivity contribution in [2.45, 2.75) is 13.0 Å². The fourth-order valence-electron chi connectivity index (χ4n) is 2.80. The molecule has 0 heterocycles. The van der Waals surface area contributed by atoms with Gasteiger partial charge in [0.25, 0.3) is 5.91 Å². The summed E-state index contributed by atoms with van der Waals surface area (Å²) < 4.78 is 9.93. The van der Waals surface area contributed by atoms with Gasteiger partial charge in [-0.2, -0.15) is 0 Å². The van der Waals surface area contributed by atoms with Crippen molar-refractivity contribution in [2.75, 3.05) is 12.4 Å². The first-order valence-electron chi connectivity index (χ1n) is 8.68. The van der Waals surface area contributed by atoms with Crippen molar-refractivity contribution in [3.63, 3.8) is 0 Å². The molecule has 0 radical (unpaired) electrons. The molecule has 0 fully saturated rings. The zero-order chi connectivity index (χ0) is 20.1.